The quantitative estimate of drug-likeness (QED) is 0.349. The molecule has 0 N–H and O–H groups in total. The molecule has 178 valence electrons. The van der Waals surface area contributed by atoms with Crippen molar-refractivity contribution in [2.45, 2.75) is 38.8 Å². The van der Waals surface area contributed by atoms with E-state index in [1.807, 2.05) is 12.1 Å². The number of rotatable bonds is 7. The molecule has 0 saturated carbocycles. The Labute approximate surface area is 214 Å². The third-order valence-corrected chi connectivity index (χ3v) is 7.63. The van der Waals surface area contributed by atoms with Crippen molar-refractivity contribution in [1.29, 1.82) is 0 Å². The summed E-state index contributed by atoms with van der Waals surface area (Å²) < 4.78 is 0. The smallest absolute Gasteiger partial charge is 0.0453 e. The van der Waals surface area contributed by atoms with Gasteiger partial charge in [0.2, 0.25) is 0 Å². The van der Waals surface area contributed by atoms with Crippen molar-refractivity contribution in [2.75, 3.05) is 13.1 Å². The van der Waals surface area contributed by atoms with Crippen LogP contribution in [0, 0.1) is 6.92 Å². The van der Waals surface area contributed by atoms with Gasteiger partial charge >= 0.3 is 0 Å². The van der Waals surface area contributed by atoms with Gasteiger partial charge in [-0.2, -0.15) is 0 Å². The van der Waals surface area contributed by atoms with E-state index in [1.54, 1.807) is 0 Å². The lowest BCUT2D eigenvalue weighted by Gasteiger charge is -2.45. The predicted molar refractivity (Wildman–Crippen MR) is 147 cm³/mol. The highest BCUT2D eigenvalue weighted by Crippen LogP contribution is 2.32. The van der Waals surface area contributed by atoms with Gasteiger partial charge in [-0.3, -0.25) is 4.90 Å². The fourth-order valence-electron chi connectivity index (χ4n) is 5.20. The van der Waals surface area contributed by atoms with Crippen molar-refractivity contribution < 1.29 is 0 Å². The van der Waals surface area contributed by atoms with Crippen LogP contribution < -0.4 is 0 Å². The Balaban J connectivity index is 1.38. The fourth-order valence-corrected chi connectivity index (χ4v) is 5.48. The average molecular weight is 481 g/mol. The molecular weight excluding hydrogens is 448 g/mol. The first-order valence-corrected chi connectivity index (χ1v) is 12.9. The maximum atomic E-state index is 6.65. The number of allylic oxidation sites excluding steroid dienone is 3. The number of nitrogens with zero attached hydrogens (tertiary/aromatic N) is 2. The van der Waals surface area contributed by atoms with Crippen molar-refractivity contribution >= 4 is 11.6 Å². The first kappa shape index (κ1) is 23.7. The SMILES string of the molecule is C=C1C=C2CN(Cc3c(C)cccc3Cl)C(Cc3ccccc3)CN2C=C1CCc1ccccc1. The van der Waals surface area contributed by atoms with Gasteiger partial charge in [0.15, 0.2) is 0 Å². The van der Waals surface area contributed by atoms with Crippen LogP contribution in [-0.4, -0.2) is 28.9 Å². The molecule has 0 bridgehead atoms. The molecule has 0 aliphatic carbocycles. The predicted octanol–water partition coefficient (Wildman–Crippen LogP) is 7.35. The standard InChI is InChI=1S/C32H33ClN2/c1-24-10-9-15-32(33)31(24)23-35-21-29-18-25(2)28(17-16-26-11-5-3-6-12-26)20-34(29)22-30(35)19-27-13-7-4-8-14-27/h3-15,18,20,30H,2,16-17,19,21-23H2,1H3. The van der Waals surface area contributed by atoms with Crippen LogP contribution >= 0.6 is 11.6 Å². The van der Waals surface area contributed by atoms with Crippen molar-refractivity contribution in [3.63, 3.8) is 0 Å². The second-order valence-electron chi connectivity index (χ2n) is 9.74. The van der Waals surface area contributed by atoms with E-state index >= 15 is 0 Å². The third-order valence-electron chi connectivity index (χ3n) is 7.28. The van der Waals surface area contributed by atoms with Gasteiger partial charge in [0, 0.05) is 42.6 Å². The summed E-state index contributed by atoms with van der Waals surface area (Å²) >= 11 is 6.65. The molecule has 0 aromatic heterocycles. The van der Waals surface area contributed by atoms with Gasteiger partial charge in [-0.05, 0) is 71.7 Å². The van der Waals surface area contributed by atoms with Gasteiger partial charge in [0.25, 0.3) is 0 Å². The minimum absolute atomic E-state index is 0.392. The molecule has 0 radical (unpaired) electrons. The Hall–Kier alpha value is -3.07. The molecule has 2 nitrogen and oxygen atoms in total. The molecule has 1 saturated heterocycles. The summed E-state index contributed by atoms with van der Waals surface area (Å²) in [7, 11) is 0. The molecule has 2 heterocycles. The highest BCUT2D eigenvalue weighted by atomic mass is 35.5. The Morgan fingerprint density at radius 2 is 1.60 bits per heavy atom. The lowest BCUT2D eigenvalue weighted by molar-refractivity contribution is 0.124. The van der Waals surface area contributed by atoms with E-state index in [2.05, 4.69) is 102 Å². The lowest BCUT2D eigenvalue weighted by Crippen LogP contribution is -2.51. The Bertz CT molecular complexity index is 1220. The number of hydrogen-bond donors (Lipinski definition) is 0. The maximum absolute atomic E-state index is 6.65. The highest BCUT2D eigenvalue weighted by molar-refractivity contribution is 6.31. The van der Waals surface area contributed by atoms with Gasteiger partial charge < -0.3 is 4.90 Å². The summed E-state index contributed by atoms with van der Waals surface area (Å²) in [5, 5.41) is 0.857. The van der Waals surface area contributed by atoms with E-state index in [0.29, 0.717) is 6.04 Å². The molecule has 1 atom stereocenters. The van der Waals surface area contributed by atoms with Crippen LogP contribution in [0.5, 0.6) is 0 Å². The first-order chi connectivity index (χ1) is 17.1. The summed E-state index contributed by atoms with van der Waals surface area (Å²) in [6, 6.07) is 28.2. The van der Waals surface area contributed by atoms with E-state index in [9.17, 15) is 0 Å². The summed E-state index contributed by atoms with van der Waals surface area (Å²) in [5.41, 5.74) is 9.04. The number of piperazine rings is 1. The first-order valence-electron chi connectivity index (χ1n) is 12.5. The van der Waals surface area contributed by atoms with Crippen molar-refractivity contribution in [3.05, 3.63) is 142 Å². The van der Waals surface area contributed by atoms with Crippen LogP contribution in [-0.2, 0) is 19.4 Å². The van der Waals surface area contributed by atoms with E-state index in [4.69, 9.17) is 11.6 Å². The zero-order chi connectivity index (χ0) is 24.2. The molecule has 35 heavy (non-hydrogen) atoms. The molecule has 2 aliphatic heterocycles. The Kier molecular flexibility index (Phi) is 7.22. The van der Waals surface area contributed by atoms with Gasteiger partial charge in [-0.15, -0.1) is 0 Å². The van der Waals surface area contributed by atoms with E-state index in [0.717, 1.165) is 49.5 Å². The monoisotopic (exact) mass is 480 g/mol. The number of hydrogen-bond acceptors (Lipinski definition) is 2. The molecule has 3 heteroatoms. The van der Waals surface area contributed by atoms with Crippen LogP contribution in [0.15, 0.2) is 115 Å². The number of fused-ring (bicyclic) bond motifs is 1. The van der Waals surface area contributed by atoms with Crippen LogP contribution in [0.3, 0.4) is 0 Å². The molecule has 3 aromatic carbocycles. The van der Waals surface area contributed by atoms with Crippen molar-refractivity contribution in [3.8, 4) is 0 Å². The molecular formula is C32H33ClN2. The highest BCUT2D eigenvalue weighted by Gasteiger charge is 2.31. The number of halogens is 1. The van der Waals surface area contributed by atoms with Crippen LogP contribution in [0.4, 0.5) is 0 Å². The van der Waals surface area contributed by atoms with Gasteiger partial charge in [-0.25, -0.2) is 0 Å². The minimum Gasteiger partial charge on any atom is -0.348 e. The molecule has 1 fully saturated rings. The number of benzene rings is 3. The summed E-state index contributed by atoms with van der Waals surface area (Å²) in [5.74, 6) is 0. The van der Waals surface area contributed by atoms with Gasteiger partial charge in [-0.1, -0.05) is 91.0 Å². The molecule has 2 aliphatic rings. The van der Waals surface area contributed by atoms with Crippen LogP contribution in [0.2, 0.25) is 5.02 Å². The second kappa shape index (κ2) is 10.7. The van der Waals surface area contributed by atoms with Gasteiger partial charge in [0.1, 0.15) is 0 Å². The fraction of sp³-hybridized carbons (Fsp3) is 0.250. The molecule has 1 unspecified atom stereocenters. The van der Waals surface area contributed by atoms with E-state index < -0.39 is 0 Å². The zero-order valence-corrected chi connectivity index (χ0v) is 21.2. The molecule has 0 amide bonds. The van der Waals surface area contributed by atoms with E-state index in [-0.39, 0.29) is 0 Å². The Morgan fingerprint density at radius 1 is 0.886 bits per heavy atom. The summed E-state index contributed by atoms with van der Waals surface area (Å²) in [4.78, 5) is 5.07. The summed E-state index contributed by atoms with van der Waals surface area (Å²) in [6.45, 7) is 9.28. The zero-order valence-electron chi connectivity index (χ0n) is 20.5. The van der Waals surface area contributed by atoms with Crippen molar-refractivity contribution in [1.82, 2.24) is 9.80 Å². The van der Waals surface area contributed by atoms with Crippen LogP contribution in [0.1, 0.15) is 28.7 Å². The van der Waals surface area contributed by atoms with Crippen molar-refractivity contribution in [2.24, 2.45) is 0 Å². The topological polar surface area (TPSA) is 6.48 Å². The summed E-state index contributed by atoms with van der Waals surface area (Å²) in [6.07, 6.45) is 7.72. The molecule has 3 aromatic rings. The Morgan fingerprint density at radius 3 is 2.31 bits per heavy atom. The normalized spacial score (nSPS) is 18.2. The van der Waals surface area contributed by atoms with Gasteiger partial charge in [0.05, 0.1) is 0 Å². The maximum Gasteiger partial charge on any atom is 0.0453 e. The lowest BCUT2D eigenvalue weighted by atomic mass is 9.93. The minimum atomic E-state index is 0.392. The average Bonchev–Trinajstić information content (AvgIpc) is 2.87. The van der Waals surface area contributed by atoms with Crippen LogP contribution in [0.25, 0.3) is 0 Å². The third kappa shape index (κ3) is 5.61. The number of aryl methyl sites for hydroxylation is 2. The van der Waals surface area contributed by atoms with E-state index in [1.165, 1.54) is 33.5 Å². The largest absolute Gasteiger partial charge is 0.348 e. The molecule has 5 rings (SSSR count). The molecule has 0 spiro atoms. The second-order valence-corrected chi connectivity index (χ2v) is 10.1.